The summed E-state index contributed by atoms with van der Waals surface area (Å²) in [6.07, 6.45) is 1.85. The third kappa shape index (κ3) is 4.17. The van der Waals surface area contributed by atoms with Gasteiger partial charge in [-0.2, -0.15) is 0 Å². The molecule has 1 atom stereocenters. The largest absolute Gasteiger partial charge is 0.478 e. The van der Waals surface area contributed by atoms with Crippen molar-refractivity contribution in [1.29, 1.82) is 0 Å². The zero-order valence-corrected chi connectivity index (χ0v) is 14.1. The van der Waals surface area contributed by atoms with Crippen molar-refractivity contribution < 1.29 is 19.1 Å². The van der Waals surface area contributed by atoms with E-state index in [0.29, 0.717) is 5.56 Å². The maximum atomic E-state index is 13.5. The Balaban J connectivity index is 1.77. The van der Waals surface area contributed by atoms with Crippen molar-refractivity contribution in [3.8, 4) is 0 Å². The monoisotopic (exact) mass is 361 g/mol. The second kappa shape index (κ2) is 7.23. The molecule has 1 saturated carbocycles. The van der Waals surface area contributed by atoms with Gasteiger partial charge in [-0.25, -0.2) is 9.18 Å². The fourth-order valence-electron chi connectivity index (χ4n) is 2.96. The zero-order chi connectivity index (χ0) is 18.0. The lowest BCUT2D eigenvalue weighted by atomic mass is 10.0. The molecule has 130 valence electrons. The van der Waals surface area contributed by atoms with Crippen LogP contribution in [0.2, 0.25) is 5.02 Å². The molecule has 0 bridgehead atoms. The van der Waals surface area contributed by atoms with Gasteiger partial charge in [0, 0.05) is 0 Å². The minimum absolute atomic E-state index is 0.0620. The molecule has 1 aliphatic rings. The molecule has 0 unspecified atom stereocenters. The molecule has 4 nitrogen and oxygen atoms in total. The summed E-state index contributed by atoms with van der Waals surface area (Å²) in [5.41, 5.74) is 1.01. The van der Waals surface area contributed by atoms with Gasteiger partial charge in [0.25, 0.3) is 0 Å². The number of aromatic carboxylic acids is 1. The lowest BCUT2D eigenvalue weighted by Gasteiger charge is -2.19. The molecule has 0 heterocycles. The molecule has 2 aromatic carbocycles. The highest BCUT2D eigenvalue weighted by Crippen LogP contribution is 2.41. The fourth-order valence-corrected chi connectivity index (χ4v) is 3.23. The number of carbonyl (C=O) groups is 2. The van der Waals surface area contributed by atoms with E-state index in [0.717, 1.165) is 18.4 Å². The minimum atomic E-state index is -1.17. The third-order valence-electron chi connectivity index (χ3n) is 4.28. The van der Waals surface area contributed by atoms with Crippen LogP contribution in [0.25, 0.3) is 0 Å². The summed E-state index contributed by atoms with van der Waals surface area (Å²) < 4.78 is 13.5. The van der Waals surface area contributed by atoms with Crippen LogP contribution in [-0.2, 0) is 11.2 Å². The number of hydrogen-bond donors (Lipinski definition) is 2. The summed E-state index contributed by atoms with van der Waals surface area (Å²) in [6, 6.07) is 10.6. The maximum Gasteiger partial charge on any atom is 0.337 e. The summed E-state index contributed by atoms with van der Waals surface area (Å²) in [5.74, 6) is -1.55. The van der Waals surface area contributed by atoms with E-state index in [2.05, 4.69) is 5.32 Å². The molecule has 0 aromatic heterocycles. The molecule has 0 spiro atoms. The molecule has 0 saturated heterocycles. The summed E-state index contributed by atoms with van der Waals surface area (Å²) in [5, 5.41) is 12.3. The van der Waals surface area contributed by atoms with Gasteiger partial charge in [0.15, 0.2) is 0 Å². The van der Waals surface area contributed by atoms with E-state index in [1.807, 2.05) is 0 Å². The highest BCUT2D eigenvalue weighted by atomic mass is 35.5. The summed E-state index contributed by atoms with van der Waals surface area (Å²) in [6.45, 7) is 0. The first-order valence-corrected chi connectivity index (χ1v) is 8.39. The summed E-state index contributed by atoms with van der Waals surface area (Å²) in [7, 11) is 0. The number of carboxylic acid groups (broad SMARTS) is 1. The van der Waals surface area contributed by atoms with Crippen LogP contribution in [0.15, 0.2) is 42.5 Å². The van der Waals surface area contributed by atoms with Gasteiger partial charge in [0.1, 0.15) is 5.82 Å². The number of rotatable bonds is 6. The van der Waals surface area contributed by atoms with Crippen molar-refractivity contribution in [3.05, 3.63) is 70.0 Å². The summed E-state index contributed by atoms with van der Waals surface area (Å²) in [4.78, 5) is 23.8. The first-order valence-electron chi connectivity index (χ1n) is 8.01. The van der Waals surface area contributed by atoms with E-state index in [9.17, 15) is 19.1 Å². The number of amides is 1. The van der Waals surface area contributed by atoms with E-state index >= 15 is 0 Å². The van der Waals surface area contributed by atoms with Crippen molar-refractivity contribution in [2.75, 3.05) is 0 Å². The van der Waals surface area contributed by atoms with Gasteiger partial charge in [-0.3, -0.25) is 4.79 Å². The van der Waals surface area contributed by atoms with Crippen molar-refractivity contribution >= 4 is 23.5 Å². The Labute approximate surface area is 149 Å². The predicted octanol–water partition coefficient (Wildman–Crippen LogP) is 3.99. The van der Waals surface area contributed by atoms with Gasteiger partial charge in [0.05, 0.1) is 23.0 Å². The highest BCUT2D eigenvalue weighted by molar-refractivity contribution is 6.33. The van der Waals surface area contributed by atoms with Crippen molar-refractivity contribution in [3.63, 3.8) is 0 Å². The quantitative estimate of drug-likeness (QED) is 0.817. The zero-order valence-electron chi connectivity index (χ0n) is 13.3. The molecular weight excluding hydrogens is 345 g/mol. The van der Waals surface area contributed by atoms with E-state index in [-0.39, 0.29) is 40.7 Å². The normalized spacial score (nSPS) is 14.8. The van der Waals surface area contributed by atoms with E-state index in [1.54, 1.807) is 24.3 Å². The number of carbonyl (C=O) groups excluding carboxylic acids is 1. The van der Waals surface area contributed by atoms with Crippen LogP contribution < -0.4 is 5.32 Å². The smallest absolute Gasteiger partial charge is 0.337 e. The van der Waals surface area contributed by atoms with Gasteiger partial charge in [-0.05, 0) is 48.1 Å². The number of benzene rings is 2. The number of nitrogens with one attached hydrogen (secondary N) is 1. The standard InChI is InChI=1S/C19H17ClFNO3/c20-15-6-2-3-12(17(15)19(24)25)10-16(23)22-18(11-7-8-11)13-4-1-5-14(21)9-13/h1-6,9,11,18H,7-8,10H2,(H,22,23)(H,24,25)/t18-/m0/s1. The molecule has 25 heavy (non-hydrogen) atoms. The molecule has 3 rings (SSSR count). The van der Waals surface area contributed by atoms with E-state index in [4.69, 9.17) is 11.6 Å². The first-order chi connectivity index (χ1) is 12.0. The highest BCUT2D eigenvalue weighted by Gasteiger charge is 2.33. The SMILES string of the molecule is O=C(Cc1cccc(Cl)c1C(=O)O)N[C@H](c1cccc(F)c1)C1CC1. The molecule has 1 fully saturated rings. The Morgan fingerprint density at radius 1 is 1.24 bits per heavy atom. The van der Waals surface area contributed by atoms with E-state index < -0.39 is 5.97 Å². The predicted molar refractivity (Wildman–Crippen MR) is 92.1 cm³/mol. The Morgan fingerprint density at radius 2 is 1.96 bits per heavy atom. The second-order valence-corrected chi connectivity index (χ2v) is 6.60. The number of halogens is 2. The average molecular weight is 362 g/mol. The molecule has 6 heteroatoms. The number of hydrogen-bond acceptors (Lipinski definition) is 2. The van der Waals surface area contributed by atoms with Gasteiger partial charge in [0.2, 0.25) is 5.91 Å². The lowest BCUT2D eigenvalue weighted by Crippen LogP contribution is -2.31. The molecular formula is C19H17ClFNO3. The van der Waals surface area contributed by atoms with Crippen molar-refractivity contribution in [1.82, 2.24) is 5.32 Å². The van der Waals surface area contributed by atoms with Crippen LogP contribution in [0, 0.1) is 11.7 Å². The van der Waals surface area contributed by atoms with Crippen LogP contribution >= 0.6 is 11.6 Å². The average Bonchev–Trinajstić information content (AvgIpc) is 3.37. The fraction of sp³-hybridized carbons (Fsp3) is 0.263. The van der Waals surface area contributed by atoms with Crippen LogP contribution in [-0.4, -0.2) is 17.0 Å². The first kappa shape index (κ1) is 17.4. The minimum Gasteiger partial charge on any atom is -0.478 e. The van der Waals surface area contributed by atoms with Crippen molar-refractivity contribution in [2.45, 2.75) is 25.3 Å². The number of carboxylic acids is 1. The van der Waals surface area contributed by atoms with Gasteiger partial charge >= 0.3 is 5.97 Å². The van der Waals surface area contributed by atoms with Gasteiger partial charge in [-0.1, -0.05) is 35.9 Å². The topological polar surface area (TPSA) is 66.4 Å². The molecule has 1 aliphatic carbocycles. The Kier molecular flexibility index (Phi) is 5.04. The van der Waals surface area contributed by atoms with Crippen LogP contribution in [0.3, 0.4) is 0 Å². The Hall–Kier alpha value is -2.40. The van der Waals surface area contributed by atoms with Gasteiger partial charge < -0.3 is 10.4 Å². The van der Waals surface area contributed by atoms with Gasteiger partial charge in [-0.15, -0.1) is 0 Å². The Morgan fingerprint density at radius 3 is 2.60 bits per heavy atom. The third-order valence-corrected chi connectivity index (χ3v) is 4.60. The van der Waals surface area contributed by atoms with Crippen LogP contribution in [0.1, 0.15) is 40.4 Å². The molecule has 2 N–H and O–H groups in total. The molecule has 1 amide bonds. The second-order valence-electron chi connectivity index (χ2n) is 6.19. The van der Waals surface area contributed by atoms with Crippen LogP contribution in [0.4, 0.5) is 4.39 Å². The Bertz CT molecular complexity index is 820. The molecule has 0 radical (unpaired) electrons. The maximum absolute atomic E-state index is 13.5. The van der Waals surface area contributed by atoms with Crippen LogP contribution in [0.5, 0.6) is 0 Å². The molecule has 0 aliphatic heterocycles. The lowest BCUT2D eigenvalue weighted by molar-refractivity contribution is -0.121. The summed E-state index contributed by atoms with van der Waals surface area (Å²) >= 11 is 5.93. The molecule has 2 aromatic rings. The van der Waals surface area contributed by atoms with E-state index in [1.165, 1.54) is 18.2 Å². The van der Waals surface area contributed by atoms with Crippen molar-refractivity contribution in [2.24, 2.45) is 5.92 Å².